The predicted octanol–water partition coefficient (Wildman–Crippen LogP) is 3.05. The van der Waals surface area contributed by atoms with Gasteiger partial charge in [0.25, 0.3) is 0 Å². The topological polar surface area (TPSA) is 102 Å². The van der Waals surface area contributed by atoms with Crippen LogP contribution in [-0.4, -0.2) is 29.2 Å². The maximum atomic E-state index is 11.2. The number of nitrogens with one attached hydrogen (secondary N) is 1. The van der Waals surface area contributed by atoms with Crippen molar-refractivity contribution in [2.24, 2.45) is 0 Å². The largest absolute Gasteiger partial charge is 0.487 e. The molecule has 0 atom stereocenters. The van der Waals surface area contributed by atoms with Crippen molar-refractivity contribution in [3.63, 3.8) is 0 Å². The van der Waals surface area contributed by atoms with Crippen molar-refractivity contribution in [2.75, 3.05) is 18.5 Å². The quantitative estimate of drug-likeness (QED) is 0.391. The minimum atomic E-state index is -0.837. The second kappa shape index (κ2) is 8.78. The number of hydrogen-bond acceptors (Lipinski definition) is 5. The van der Waals surface area contributed by atoms with Crippen molar-refractivity contribution in [1.29, 1.82) is 0 Å². The van der Waals surface area contributed by atoms with E-state index < -0.39 is 10.9 Å². The highest BCUT2D eigenvalue weighted by atomic mass is 16.6. The molecule has 1 aromatic carbocycles. The molecule has 0 aromatic heterocycles. The number of benzene rings is 1. The van der Waals surface area contributed by atoms with Crippen molar-refractivity contribution in [3.8, 4) is 5.75 Å². The van der Waals surface area contributed by atoms with E-state index in [4.69, 9.17) is 9.84 Å². The van der Waals surface area contributed by atoms with Crippen LogP contribution in [-0.2, 0) is 4.79 Å². The lowest BCUT2D eigenvalue weighted by molar-refractivity contribution is -0.385. The Hall–Kier alpha value is -2.31. The van der Waals surface area contributed by atoms with Gasteiger partial charge in [-0.1, -0.05) is 13.0 Å². The fourth-order valence-electron chi connectivity index (χ4n) is 1.81. The second-order valence-electron chi connectivity index (χ2n) is 4.54. The van der Waals surface area contributed by atoms with Crippen LogP contribution in [0.5, 0.6) is 5.75 Å². The third-order valence-corrected chi connectivity index (χ3v) is 2.78. The SMILES string of the molecule is CCCOc1cccc(NCCCCC(=O)O)c1[N+](=O)[O-]. The molecule has 0 bridgehead atoms. The molecule has 0 amide bonds. The van der Waals surface area contributed by atoms with E-state index in [1.807, 2.05) is 6.92 Å². The van der Waals surface area contributed by atoms with E-state index in [-0.39, 0.29) is 17.9 Å². The summed E-state index contributed by atoms with van der Waals surface area (Å²) in [6.45, 7) is 2.82. The highest BCUT2D eigenvalue weighted by Crippen LogP contribution is 2.34. The molecule has 1 rings (SSSR count). The zero-order valence-electron chi connectivity index (χ0n) is 12.0. The molecule has 1 aromatic rings. The molecule has 0 unspecified atom stereocenters. The highest BCUT2D eigenvalue weighted by molar-refractivity contribution is 5.68. The van der Waals surface area contributed by atoms with Crippen molar-refractivity contribution >= 4 is 17.3 Å². The summed E-state index contributed by atoms with van der Waals surface area (Å²) in [6, 6.07) is 4.88. The van der Waals surface area contributed by atoms with E-state index in [0.29, 0.717) is 31.7 Å². The van der Waals surface area contributed by atoms with Crippen LogP contribution in [0.25, 0.3) is 0 Å². The normalized spacial score (nSPS) is 10.1. The lowest BCUT2D eigenvalue weighted by Crippen LogP contribution is -2.07. The number of nitro benzene ring substituents is 1. The van der Waals surface area contributed by atoms with E-state index >= 15 is 0 Å². The molecule has 0 radical (unpaired) electrons. The molecule has 0 saturated carbocycles. The maximum absolute atomic E-state index is 11.2. The molecule has 0 fully saturated rings. The Kier molecular flexibility index (Phi) is 7.00. The summed E-state index contributed by atoms with van der Waals surface area (Å²) >= 11 is 0. The summed E-state index contributed by atoms with van der Waals surface area (Å²) in [6.07, 6.45) is 2.03. The Balaban J connectivity index is 2.67. The smallest absolute Gasteiger partial charge is 0.333 e. The molecule has 0 aliphatic rings. The van der Waals surface area contributed by atoms with E-state index in [2.05, 4.69) is 5.32 Å². The number of carboxylic acid groups (broad SMARTS) is 1. The number of carbonyl (C=O) groups is 1. The Morgan fingerprint density at radius 1 is 1.43 bits per heavy atom. The van der Waals surface area contributed by atoms with Gasteiger partial charge in [-0.2, -0.15) is 0 Å². The van der Waals surface area contributed by atoms with Gasteiger partial charge in [-0.3, -0.25) is 14.9 Å². The first-order valence-electron chi connectivity index (χ1n) is 6.92. The van der Waals surface area contributed by atoms with Gasteiger partial charge in [-0.15, -0.1) is 0 Å². The van der Waals surface area contributed by atoms with Gasteiger partial charge in [0.15, 0.2) is 5.75 Å². The van der Waals surface area contributed by atoms with Gasteiger partial charge in [0, 0.05) is 13.0 Å². The molecular formula is C14H20N2O5. The fraction of sp³-hybridized carbons (Fsp3) is 0.500. The first-order chi connectivity index (χ1) is 10.1. The number of rotatable bonds is 10. The third-order valence-electron chi connectivity index (χ3n) is 2.78. The Morgan fingerprint density at radius 3 is 2.81 bits per heavy atom. The number of hydrogen-bond donors (Lipinski definition) is 2. The fourth-order valence-corrected chi connectivity index (χ4v) is 1.81. The van der Waals surface area contributed by atoms with Gasteiger partial charge < -0.3 is 15.2 Å². The lowest BCUT2D eigenvalue weighted by Gasteiger charge is -2.10. The molecule has 7 heteroatoms. The lowest BCUT2D eigenvalue weighted by atomic mass is 10.2. The summed E-state index contributed by atoms with van der Waals surface area (Å²) in [7, 11) is 0. The van der Waals surface area contributed by atoms with Crippen LogP contribution in [0.2, 0.25) is 0 Å². The Bertz CT molecular complexity index is 490. The van der Waals surface area contributed by atoms with Crippen LogP contribution in [0.3, 0.4) is 0 Å². The monoisotopic (exact) mass is 296 g/mol. The van der Waals surface area contributed by atoms with Crippen molar-refractivity contribution in [3.05, 3.63) is 28.3 Å². The van der Waals surface area contributed by atoms with Crippen LogP contribution in [0.4, 0.5) is 11.4 Å². The van der Waals surface area contributed by atoms with E-state index in [1.165, 1.54) is 0 Å². The molecule has 2 N–H and O–H groups in total. The number of para-hydroxylation sites is 1. The van der Waals surface area contributed by atoms with Gasteiger partial charge in [-0.25, -0.2) is 0 Å². The molecule has 0 spiro atoms. The average Bonchev–Trinajstić information content (AvgIpc) is 2.44. The van der Waals surface area contributed by atoms with Crippen LogP contribution in [0.1, 0.15) is 32.6 Å². The number of nitrogens with zero attached hydrogens (tertiary/aromatic N) is 1. The number of unbranched alkanes of at least 4 members (excludes halogenated alkanes) is 1. The van der Waals surface area contributed by atoms with E-state index in [0.717, 1.165) is 6.42 Å². The number of carboxylic acids is 1. The van der Waals surface area contributed by atoms with Gasteiger partial charge in [0.2, 0.25) is 0 Å². The summed E-state index contributed by atoms with van der Waals surface area (Å²) in [5.41, 5.74) is 0.313. The summed E-state index contributed by atoms with van der Waals surface area (Å²) in [4.78, 5) is 21.1. The molecular weight excluding hydrogens is 276 g/mol. The zero-order valence-corrected chi connectivity index (χ0v) is 12.0. The average molecular weight is 296 g/mol. The van der Waals surface area contributed by atoms with Gasteiger partial charge in [-0.05, 0) is 31.4 Å². The van der Waals surface area contributed by atoms with Crippen molar-refractivity contribution in [1.82, 2.24) is 0 Å². The summed E-state index contributed by atoms with van der Waals surface area (Å²) < 4.78 is 5.39. The molecule has 21 heavy (non-hydrogen) atoms. The van der Waals surface area contributed by atoms with Crippen LogP contribution >= 0.6 is 0 Å². The molecule has 0 aliphatic heterocycles. The molecule has 116 valence electrons. The van der Waals surface area contributed by atoms with E-state index in [1.54, 1.807) is 18.2 Å². The van der Waals surface area contributed by atoms with Gasteiger partial charge >= 0.3 is 11.7 Å². The number of ether oxygens (including phenoxy) is 1. The molecule has 0 heterocycles. The predicted molar refractivity (Wildman–Crippen MR) is 78.9 cm³/mol. The van der Waals surface area contributed by atoms with E-state index in [9.17, 15) is 14.9 Å². The zero-order chi connectivity index (χ0) is 15.7. The molecule has 7 nitrogen and oxygen atoms in total. The van der Waals surface area contributed by atoms with Gasteiger partial charge in [0.05, 0.1) is 11.5 Å². The number of nitro groups is 1. The van der Waals surface area contributed by atoms with Gasteiger partial charge in [0.1, 0.15) is 5.69 Å². The standard InChI is InChI=1S/C14H20N2O5/c1-2-10-21-12-7-5-6-11(14(12)16(19)20)15-9-4-3-8-13(17)18/h5-7,15H,2-4,8-10H2,1H3,(H,17,18). The maximum Gasteiger partial charge on any atom is 0.333 e. The summed E-state index contributed by atoms with van der Waals surface area (Å²) in [5, 5.41) is 22.7. The first kappa shape index (κ1) is 16.7. The summed E-state index contributed by atoms with van der Waals surface area (Å²) in [5.74, 6) is -0.590. The minimum Gasteiger partial charge on any atom is -0.487 e. The van der Waals surface area contributed by atoms with Crippen molar-refractivity contribution < 1.29 is 19.6 Å². The Morgan fingerprint density at radius 2 is 2.19 bits per heavy atom. The number of anilines is 1. The first-order valence-corrected chi connectivity index (χ1v) is 6.92. The Labute approximate surface area is 123 Å². The minimum absolute atomic E-state index is 0.0795. The highest BCUT2D eigenvalue weighted by Gasteiger charge is 2.20. The van der Waals surface area contributed by atoms with Crippen molar-refractivity contribution in [2.45, 2.75) is 32.6 Å². The van der Waals surface area contributed by atoms with Crippen LogP contribution < -0.4 is 10.1 Å². The third kappa shape index (κ3) is 5.68. The molecule has 0 saturated heterocycles. The molecule has 0 aliphatic carbocycles. The van der Waals surface area contributed by atoms with Crippen LogP contribution in [0.15, 0.2) is 18.2 Å². The van der Waals surface area contributed by atoms with Crippen LogP contribution in [0, 0.1) is 10.1 Å². The number of aliphatic carboxylic acids is 1. The second-order valence-corrected chi connectivity index (χ2v) is 4.54.